The maximum atomic E-state index is 12.3. The molecule has 0 bridgehead atoms. The minimum absolute atomic E-state index is 0.0248. The van der Waals surface area contributed by atoms with Crippen molar-refractivity contribution in [3.05, 3.63) is 47.3 Å². The monoisotopic (exact) mass is 393 g/mol. The molecule has 0 atom stereocenters. The Morgan fingerprint density at radius 3 is 2.90 bits per heavy atom. The molecule has 0 fully saturated rings. The van der Waals surface area contributed by atoms with E-state index in [1.165, 1.54) is 6.20 Å². The van der Waals surface area contributed by atoms with Crippen molar-refractivity contribution in [1.29, 1.82) is 0 Å². The summed E-state index contributed by atoms with van der Waals surface area (Å²) < 4.78 is 6.87. The van der Waals surface area contributed by atoms with Gasteiger partial charge in [0.15, 0.2) is 5.82 Å². The number of rotatable bonds is 3. The van der Waals surface area contributed by atoms with E-state index in [4.69, 9.17) is 10.2 Å². The number of benzene rings is 1. The van der Waals surface area contributed by atoms with Crippen LogP contribution in [0.1, 0.15) is 26.5 Å². The molecule has 0 unspecified atom stereocenters. The minimum Gasteiger partial charge on any atom is -0.418 e. The number of carbonyl (C=O) groups excluding carboxylic acids is 2. The van der Waals surface area contributed by atoms with Crippen molar-refractivity contribution in [2.45, 2.75) is 13.0 Å². The van der Waals surface area contributed by atoms with Gasteiger partial charge in [0.2, 0.25) is 5.76 Å². The third kappa shape index (κ3) is 2.89. The summed E-state index contributed by atoms with van der Waals surface area (Å²) in [6.07, 6.45) is 2.10. The Labute approximate surface area is 165 Å². The van der Waals surface area contributed by atoms with Gasteiger partial charge in [0, 0.05) is 37.5 Å². The zero-order valence-corrected chi connectivity index (χ0v) is 15.8. The molecule has 2 amide bonds. The van der Waals surface area contributed by atoms with E-state index < -0.39 is 5.91 Å². The first-order valence-electron chi connectivity index (χ1n) is 9.26. The average molecular weight is 393 g/mol. The van der Waals surface area contributed by atoms with Gasteiger partial charge in [-0.1, -0.05) is 0 Å². The number of nitrogens with one attached hydrogen (secondary N) is 1. The van der Waals surface area contributed by atoms with Crippen molar-refractivity contribution < 1.29 is 14.0 Å². The molecule has 2 aliphatic rings. The highest BCUT2D eigenvalue weighted by Crippen LogP contribution is 2.34. The van der Waals surface area contributed by atoms with Crippen LogP contribution in [0.4, 0.5) is 23.3 Å². The van der Waals surface area contributed by atoms with E-state index in [1.807, 2.05) is 29.9 Å². The maximum Gasteiger partial charge on any atom is 0.294 e. The molecule has 10 nitrogen and oxygen atoms in total. The van der Waals surface area contributed by atoms with Crippen LogP contribution in [0, 0.1) is 0 Å². The van der Waals surface area contributed by atoms with Crippen molar-refractivity contribution in [2.24, 2.45) is 0 Å². The van der Waals surface area contributed by atoms with Gasteiger partial charge in [-0.05, 0) is 30.2 Å². The van der Waals surface area contributed by atoms with Gasteiger partial charge >= 0.3 is 0 Å². The first kappa shape index (κ1) is 17.3. The molecule has 10 heteroatoms. The van der Waals surface area contributed by atoms with Crippen molar-refractivity contribution in [3.63, 3.8) is 0 Å². The Bertz CT molecular complexity index is 1130. The number of oxazole rings is 1. The van der Waals surface area contributed by atoms with Crippen LogP contribution in [0.5, 0.6) is 0 Å². The zero-order chi connectivity index (χ0) is 20.1. The molecule has 2 aromatic heterocycles. The predicted molar refractivity (Wildman–Crippen MR) is 105 cm³/mol. The lowest BCUT2D eigenvalue weighted by Crippen LogP contribution is -2.34. The van der Waals surface area contributed by atoms with Gasteiger partial charge in [-0.15, -0.1) is 0 Å². The van der Waals surface area contributed by atoms with Gasteiger partial charge in [0.05, 0.1) is 12.7 Å². The quantitative estimate of drug-likeness (QED) is 0.691. The van der Waals surface area contributed by atoms with E-state index in [2.05, 4.69) is 26.4 Å². The summed E-state index contributed by atoms with van der Waals surface area (Å²) in [7, 11) is 1.82. The highest BCUT2D eigenvalue weighted by molar-refractivity contribution is 6.02. The third-order valence-electron chi connectivity index (χ3n) is 5.25. The molecular formula is C19H19N7O3. The standard InChI is InChI=1S/C19H19N7O3/c1-24-5-4-11-8-12(2-3-13(11)18(24)28)25-6-7-26-16(25)9-15(23-26)22-17(27)14-10-21-19(20)29-14/h2-3,8-10H,4-7H2,1H3,(H2,20,21)(H,22,23,27). The summed E-state index contributed by atoms with van der Waals surface area (Å²) >= 11 is 0. The molecule has 29 heavy (non-hydrogen) atoms. The van der Waals surface area contributed by atoms with Crippen molar-refractivity contribution in [3.8, 4) is 0 Å². The molecule has 0 aliphatic carbocycles. The average Bonchev–Trinajstić information content (AvgIpc) is 3.40. The first-order valence-corrected chi connectivity index (χ1v) is 9.26. The Morgan fingerprint density at radius 2 is 2.10 bits per heavy atom. The van der Waals surface area contributed by atoms with Gasteiger partial charge in [-0.2, -0.15) is 5.10 Å². The molecule has 5 rings (SSSR count). The SMILES string of the molecule is CN1CCc2cc(N3CCn4nc(NC(=O)c5cnc(N)o5)cc43)ccc2C1=O. The Hall–Kier alpha value is -3.82. The second kappa shape index (κ2) is 6.36. The van der Waals surface area contributed by atoms with Crippen LogP contribution in [0.25, 0.3) is 0 Å². The number of nitrogen functional groups attached to an aromatic ring is 1. The number of aromatic nitrogens is 3. The van der Waals surface area contributed by atoms with Gasteiger partial charge in [-0.25, -0.2) is 9.67 Å². The minimum atomic E-state index is -0.464. The van der Waals surface area contributed by atoms with Crippen molar-refractivity contribution >= 4 is 35.2 Å². The number of nitrogens with zero attached hydrogens (tertiary/aromatic N) is 5. The van der Waals surface area contributed by atoms with E-state index in [-0.39, 0.29) is 17.7 Å². The van der Waals surface area contributed by atoms with Gasteiger partial charge in [0.25, 0.3) is 17.8 Å². The molecule has 0 saturated carbocycles. The largest absolute Gasteiger partial charge is 0.418 e. The van der Waals surface area contributed by atoms with Crippen LogP contribution in [-0.2, 0) is 13.0 Å². The lowest BCUT2D eigenvalue weighted by atomic mass is 9.98. The lowest BCUT2D eigenvalue weighted by Gasteiger charge is -2.26. The number of amides is 2. The fraction of sp³-hybridized carbons (Fsp3) is 0.263. The molecule has 0 saturated heterocycles. The second-order valence-corrected chi connectivity index (χ2v) is 7.10. The van der Waals surface area contributed by atoms with Crippen LogP contribution in [-0.4, -0.2) is 51.6 Å². The topological polar surface area (TPSA) is 123 Å². The smallest absolute Gasteiger partial charge is 0.294 e. The fourth-order valence-electron chi connectivity index (χ4n) is 3.75. The van der Waals surface area contributed by atoms with Crippen LogP contribution in [0.2, 0.25) is 0 Å². The van der Waals surface area contributed by atoms with E-state index in [0.29, 0.717) is 12.4 Å². The number of hydrogen-bond donors (Lipinski definition) is 2. The third-order valence-corrected chi connectivity index (χ3v) is 5.25. The van der Waals surface area contributed by atoms with E-state index in [9.17, 15) is 9.59 Å². The van der Waals surface area contributed by atoms with Crippen LogP contribution in [0.3, 0.4) is 0 Å². The fourth-order valence-corrected chi connectivity index (χ4v) is 3.75. The molecule has 4 heterocycles. The van der Waals surface area contributed by atoms with E-state index in [0.717, 1.165) is 42.1 Å². The van der Waals surface area contributed by atoms with Crippen molar-refractivity contribution in [2.75, 3.05) is 36.1 Å². The van der Waals surface area contributed by atoms with Gasteiger partial charge in [0.1, 0.15) is 5.82 Å². The molecular weight excluding hydrogens is 374 g/mol. The molecule has 3 aromatic rings. The van der Waals surface area contributed by atoms with E-state index in [1.54, 1.807) is 4.90 Å². The maximum absolute atomic E-state index is 12.3. The molecule has 2 aliphatic heterocycles. The van der Waals surface area contributed by atoms with Gasteiger partial charge in [-0.3, -0.25) is 9.59 Å². The van der Waals surface area contributed by atoms with Crippen LogP contribution in [0.15, 0.2) is 34.9 Å². The van der Waals surface area contributed by atoms with Crippen molar-refractivity contribution in [1.82, 2.24) is 19.7 Å². The molecule has 3 N–H and O–H groups in total. The Morgan fingerprint density at radius 1 is 1.24 bits per heavy atom. The predicted octanol–water partition coefficient (Wildman–Crippen LogP) is 1.49. The zero-order valence-electron chi connectivity index (χ0n) is 15.8. The second-order valence-electron chi connectivity index (χ2n) is 7.10. The Balaban J connectivity index is 1.39. The summed E-state index contributed by atoms with van der Waals surface area (Å²) in [5, 5.41) is 7.13. The lowest BCUT2D eigenvalue weighted by molar-refractivity contribution is 0.0780. The highest BCUT2D eigenvalue weighted by Gasteiger charge is 2.27. The Kier molecular flexibility index (Phi) is 3.79. The van der Waals surface area contributed by atoms with Gasteiger partial charge < -0.3 is 25.3 Å². The summed E-state index contributed by atoms with van der Waals surface area (Å²) in [5.41, 5.74) is 8.22. The number of nitrogens with two attached hydrogens (primary N) is 1. The number of hydrogen-bond acceptors (Lipinski definition) is 7. The van der Waals surface area contributed by atoms with Crippen LogP contribution < -0.4 is 16.0 Å². The summed E-state index contributed by atoms with van der Waals surface area (Å²) in [6, 6.07) is 7.65. The normalized spacial score (nSPS) is 15.4. The summed E-state index contributed by atoms with van der Waals surface area (Å²) in [4.78, 5) is 32.1. The van der Waals surface area contributed by atoms with Crippen LogP contribution >= 0.6 is 0 Å². The molecule has 148 valence electrons. The number of likely N-dealkylation sites (N-methyl/N-ethyl adjacent to an activating group) is 1. The number of carbonyl (C=O) groups is 2. The number of anilines is 4. The molecule has 0 radical (unpaired) electrons. The first-order chi connectivity index (χ1) is 14.0. The summed E-state index contributed by atoms with van der Waals surface area (Å²) in [6.45, 7) is 2.18. The number of fused-ring (bicyclic) bond motifs is 2. The molecule has 1 aromatic carbocycles. The van der Waals surface area contributed by atoms with E-state index >= 15 is 0 Å². The summed E-state index contributed by atoms with van der Waals surface area (Å²) in [5.74, 6) is 0.907. The highest BCUT2D eigenvalue weighted by atomic mass is 16.4. The molecule has 0 spiro atoms.